The van der Waals surface area contributed by atoms with E-state index in [0.29, 0.717) is 5.54 Å². The van der Waals surface area contributed by atoms with Gasteiger partial charge in [-0.2, -0.15) is 0 Å². The summed E-state index contributed by atoms with van der Waals surface area (Å²) in [6, 6.07) is 4.26. The van der Waals surface area contributed by atoms with E-state index in [0.717, 1.165) is 13.2 Å². The summed E-state index contributed by atoms with van der Waals surface area (Å²) in [6.45, 7) is 1.85. The zero-order chi connectivity index (χ0) is 11.0. The predicted molar refractivity (Wildman–Crippen MR) is 69.9 cm³/mol. The summed E-state index contributed by atoms with van der Waals surface area (Å²) < 4.78 is 7.23. The van der Waals surface area contributed by atoms with Crippen molar-refractivity contribution in [3.8, 4) is 0 Å². The van der Waals surface area contributed by atoms with Crippen LogP contribution < -0.4 is 5.32 Å². The zero-order valence-electron chi connectivity index (χ0n) is 9.17. The highest BCUT2D eigenvalue weighted by Crippen LogP contribution is 2.37. The Labute approximate surface area is 109 Å². The second-order valence-electron chi connectivity index (χ2n) is 4.81. The average molecular weight is 302 g/mol. The summed E-state index contributed by atoms with van der Waals surface area (Å²) in [5.41, 5.74) is 0.311. The van der Waals surface area contributed by atoms with Crippen LogP contribution in [0.25, 0.3) is 0 Å². The molecule has 2 aliphatic rings. The molecule has 1 aromatic rings. The Morgan fingerprint density at radius 3 is 2.75 bits per heavy atom. The molecule has 88 valence electrons. The van der Waals surface area contributed by atoms with E-state index in [1.807, 2.05) is 0 Å². The largest absolute Gasteiger partial charge is 0.369 e. The van der Waals surface area contributed by atoms with E-state index in [1.165, 1.54) is 34.3 Å². The van der Waals surface area contributed by atoms with Crippen LogP contribution >= 0.6 is 27.3 Å². The van der Waals surface area contributed by atoms with Crippen molar-refractivity contribution in [2.75, 3.05) is 13.2 Å². The van der Waals surface area contributed by atoms with E-state index in [9.17, 15) is 0 Å². The van der Waals surface area contributed by atoms with Gasteiger partial charge in [0.25, 0.3) is 0 Å². The summed E-state index contributed by atoms with van der Waals surface area (Å²) in [4.78, 5) is 1.33. The van der Waals surface area contributed by atoms with Gasteiger partial charge in [0.1, 0.15) is 6.10 Å². The van der Waals surface area contributed by atoms with Crippen molar-refractivity contribution in [2.24, 2.45) is 0 Å². The summed E-state index contributed by atoms with van der Waals surface area (Å²) >= 11 is 5.28. The zero-order valence-corrected chi connectivity index (χ0v) is 11.6. The third-order valence-electron chi connectivity index (χ3n) is 3.70. The molecule has 1 saturated heterocycles. The Balaban J connectivity index is 1.66. The first kappa shape index (κ1) is 11.2. The molecule has 0 bridgehead atoms. The van der Waals surface area contributed by atoms with Crippen molar-refractivity contribution in [2.45, 2.75) is 37.3 Å². The molecule has 1 unspecified atom stereocenters. The molecule has 0 radical (unpaired) electrons. The molecule has 16 heavy (non-hydrogen) atoms. The van der Waals surface area contributed by atoms with E-state index in [4.69, 9.17) is 4.74 Å². The van der Waals surface area contributed by atoms with E-state index < -0.39 is 0 Å². The highest BCUT2D eigenvalue weighted by molar-refractivity contribution is 9.11. The van der Waals surface area contributed by atoms with E-state index >= 15 is 0 Å². The van der Waals surface area contributed by atoms with Crippen LogP contribution in [0.5, 0.6) is 0 Å². The van der Waals surface area contributed by atoms with Gasteiger partial charge in [-0.15, -0.1) is 11.3 Å². The lowest BCUT2D eigenvalue weighted by atomic mass is 9.96. The summed E-state index contributed by atoms with van der Waals surface area (Å²) in [6.07, 6.45) is 5.53. The third-order valence-corrected chi connectivity index (χ3v) is 5.41. The highest BCUT2D eigenvalue weighted by atomic mass is 79.9. The minimum Gasteiger partial charge on any atom is -0.369 e. The number of rotatable bonds is 1. The molecule has 0 amide bonds. The van der Waals surface area contributed by atoms with E-state index in [-0.39, 0.29) is 6.10 Å². The molecule has 4 heteroatoms. The van der Waals surface area contributed by atoms with Gasteiger partial charge >= 0.3 is 0 Å². The molecule has 1 spiro atoms. The minimum atomic E-state index is 0.252. The Bertz CT molecular complexity index is 363. The number of nitrogens with one attached hydrogen (secondary N) is 1. The van der Waals surface area contributed by atoms with Crippen molar-refractivity contribution >= 4 is 27.3 Å². The quantitative estimate of drug-likeness (QED) is 0.857. The lowest BCUT2D eigenvalue weighted by Gasteiger charge is -2.38. The van der Waals surface area contributed by atoms with Gasteiger partial charge in [0.15, 0.2) is 0 Å². The topological polar surface area (TPSA) is 21.3 Å². The van der Waals surface area contributed by atoms with Gasteiger partial charge in [0.2, 0.25) is 0 Å². The van der Waals surface area contributed by atoms with Crippen molar-refractivity contribution in [3.05, 3.63) is 20.8 Å². The molecule has 3 rings (SSSR count). The van der Waals surface area contributed by atoms with Crippen LogP contribution in [0.4, 0.5) is 0 Å². The van der Waals surface area contributed by atoms with Gasteiger partial charge < -0.3 is 10.1 Å². The lowest BCUT2D eigenvalue weighted by Crippen LogP contribution is -2.52. The molecule has 1 atom stereocenters. The van der Waals surface area contributed by atoms with Gasteiger partial charge in [-0.1, -0.05) is 12.8 Å². The van der Waals surface area contributed by atoms with Crippen LogP contribution in [0.1, 0.15) is 36.7 Å². The number of ether oxygens (including phenoxy) is 1. The normalized spacial score (nSPS) is 28.7. The molecule has 0 aromatic carbocycles. The second kappa shape index (κ2) is 4.41. The average Bonchev–Trinajstić information content (AvgIpc) is 2.90. The molecule has 1 saturated carbocycles. The van der Waals surface area contributed by atoms with Crippen molar-refractivity contribution in [1.82, 2.24) is 5.32 Å². The molecular formula is C12H16BrNOS. The number of hydrogen-bond donors (Lipinski definition) is 1. The molecule has 2 nitrogen and oxygen atoms in total. The van der Waals surface area contributed by atoms with Crippen LogP contribution in [-0.4, -0.2) is 18.7 Å². The Hall–Kier alpha value is 0.1000. The van der Waals surface area contributed by atoms with Crippen LogP contribution in [0, 0.1) is 0 Å². The molecule has 2 fully saturated rings. The van der Waals surface area contributed by atoms with E-state index in [2.05, 4.69) is 33.4 Å². The fourth-order valence-corrected chi connectivity index (χ4v) is 4.21. The SMILES string of the molecule is Brc1ccc(C2CNC3(CCCC3)CO2)s1. The van der Waals surface area contributed by atoms with Gasteiger partial charge in [-0.05, 0) is 40.9 Å². The van der Waals surface area contributed by atoms with E-state index in [1.54, 1.807) is 11.3 Å². The molecule has 1 aliphatic carbocycles. The molecule has 1 aliphatic heterocycles. The first-order chi connectivity index (χ1) is 7.77. The van der Waals surface area contributed by atoms with Crippen LogP contribution in [-0.2, 0) is 4.74 Å². The number of hydrogen-bond acceptors (Lipinski definition) is 3. The summed E-state index contributed by atoms with van der Waals surface area (Å²) in [5, 5.41) is 3.72. The maximum absolute atomic E-state index is 6.04. The van der Waals surface area contributed by atoms with Crippen LogP contribution in [0.3, 0.4) is 0 Å². The smallest absolute Gasteiger partial charge is 0.104 e. The molecule has 2 heterocycles. The third kappa shape index (κ3) is 2.08. The Morgan fingerprint density at radius 1 is 1.38 bits per heavy atom. The standard InChI is InChI=1S/C12H16BrNOS/c13-11-4-3-10(16-11)9-7-14-12(8-15-9)5-1-2-6-12/h3-4,9,14H,1-2,5-8H2. The van der Waals surface area contributed by atoms with Gasteiger partial charge in [0.05, 0.1) is 10.4 Å². The fourth-order valence-electron chi connectivity index (χ4n) is 2.74. The predicted octanol–water partition coefficient (Wildman–Crippen LogP) is 3.48. The molecule has 1 aromatic heterocycles. The number of halogens is 1. The van der Waals surface area contributed by atoms with Crippen molar-refractivity contribution in [3.63, 3.8) is 0 Å². The maximum Gasteiger partial charge on any atom is 0.104 e. The van der Waals surface area contributed by atoms with Gasteiger partial charge in [-0.3, -0.25) is 0 Å². The Morgan fingerprint density at radius 2 is 2.19 bits per heavy atom. The lowest BCUT2D eigenvalue weighted by molar-refractivity contribution is -0.0309. The minimum absolute atomic E-state index is 0.252. The Kier molecular flexibility index (Phi) is 3.09. The summed E-state index contributed by atoms with van der Waals surface area (Å²) in [5.74, 6) is 0. The van der Waals surface area contributed by atoms with Crippen molar-refractivity contribution in [1.29, 1.82) is 0 Å². The number of thiophene rings is 1. The molecular weight excluding hydrogens is 286 g/mol. The first-order valence-corrected chi connectivity index (χ1v) is 7.50. The summed E-state index contributed by atoms with van der Waals surface area (Å²) in [7, 11) is 0. The van der Waals surface area contributed by atoms with Crippen LogP contribution in [0.15, 0.2) is 15.9 Å². The first-order valence-electron chi connectivity index (χ1n) is 5.89. The van der Waals surface area contributed by atoms with Gasteiger partial charge in [-0.25, -0.2) is 0 Å². The van der Waals surface area contributed by atoms with Crippen LogP contribution in [0.2, 0.25) is 0 Å². The monoisotopic (exact) mass is 301 g/mol. The maximum atomic E-state index is 6.04. The number of morpholine rings is 1. The fraction of sp³-hybridized carbons (Fsp3) is 0.667. The second-order valence-corrected chi connectivity index (χ2v) is 7.30. The van der Waals surface area contributed by atoms with Crippen molar-refractivity contribution < 1.29 is 4.74 Å². The molecule has 1 N–H and O–H groups in total. The van der Waals surface area contributed by atoms with Gasteiger partial charge in [0, 0.05) is 17.0 Å². The highest BCUT2D eigenvalue weighted by Gasteiger charge is 2.38.